The summed E-state index contributed by atoms with van der Waals surface area (Å²) in [7, 11) is 3.98. The number of rotatable bonds is 4. The van der Waals surface area contributed by atoms with Gasteiger partial charge in [0.05, 0.1) is 11.5 Å². The first kappa shape index (κ1) is 23.8. The summed E-state index contributed by atoms with van der Waals surface area (Å²) >= 11 is 0. The number of aromatic hydroxyl groups is 1. The van der Waals surface area contributed by atoms with Crippen LogP contribution in [-0.2, 0) is 27.3 Å². The van der Waals surface area contributed by atoms with Gasteiger partial charge in [0.2, 0.25) is 0 Å². The highest BCUT2D eigenvalue weighted by Crippen LogP contribution is 2.51. The van der Waals surface area contributed by atoms with Gasteiger partial charge in [-0.25, -0.2) is 0 Å². The van der Waals surface area contributed by atoms with Crippen molar-refractivity contribution in [2.45, 2.75) is 25.8 Å². The Labute approximate surface area is 208 Å². The average molecular weight is 489 g/mol. The molecular weight excluding hydrogens is 460 g/mol. The molecule has 5 N–H and O–H groups in total. The Morgan fingerprint density at radius 3 is 2.53 bits per heavy atom. The molecule has 36 heavy (non-hydrogen) atoms. The number of hydrogen-bond acceptors (Lipinski definition) is 7. The molecule has 0 aliphatic heterocycles. The van der Waals surface area contributed by atoms with Crippen LogP contribution in [0.3, 0.4) is 0 Å². The Kier molecular flexibility index (Phi) is 5.71. The van der Waals surface area contributed by atoms with E-state index < -0.39 is 46.6 Å². The molecule has 186 valence electrons. The first-order chi connectivity index (χ1) is 17.1. The highest BCUT2D eigenvalue weighted by Gasteiger charge is 2.50. The maximum atomic E-state index is 13.6. The zero-order chi connectivity index (χ0) is 25.9. The van der Waals surface area contributed by atoms with Crippen LogP contribution in [0.1, 0.15) is 29.5 Å². The third kappa shape index (κ3) is 3.69. The Balaban J connectivity index is 1.63. The Bertz CT molecular complexity index is 1390. The number of Topliss-reactive ketones (excluding diaryl/α,β-unsaturated/α-hetero) is 2. The van der Waals surface area contributed by atoms with Crippen LogP contribution in [0.2, 0.25) is 0 Å². The molecule has 8 nitrogen and oxygen atoms in total. The molecule has 0 heterocycles. The number of ketones is 2. The van der Waals surface area contributed by atoms with E-state index in [4.69, 9.17) is 5.73 Å². The molecule has 1 unspecified atom stereocenters. The second-order valence-corrected chi connectivity index (χ2v) is 10.2. The van der Waals surface area contributed by atoms with Gasteiger partial charge in [-0.3, -0.25) is 14.4 Å². The molecule has 1 amide bonds. The average Bonchev–Trinajstić information content (AvgIpc) is 2.78. The van der Waals surface area contributed by atoms with Crippen molar-refractivity contribution in [1.82, 2.24) is 4.90 Å². The normalized spacial score (nSPS) is 23.5. The van der Waals surface area contributed by atoms with E-state index in [0.29, 0.717) is 12.8 Å². The summed E-state index contributed by atoms with van der Waals surface area (Å²) in [6.45, 7) is 0.752. The number of allylic oxidation sites excluding steroid dienone is 2. The van der Waals surface area contributed by atoms with Crippen molar-refractivity contribution in [3.8, 4) is 16.9 Å². The molecule has 3 atom stereocenters. The predicted octanol–water partition coefficient (Wildman–Crippen LogP) is 3.04. The fraction of sp³-hybridized carbons (Fsp3) is 0.321. The van der Waals surface area contributed by atoms with Gasteiger partial charge in [0.25, 0.3) is 5.91 Å². The molecule has 1 saturated carbocycles. The quantitative estimate of drug-likeness (QED) is 0.485. The number of carbonyl (C=O) groups excluding carboxylic acids is 3. The van der Waals surface area contributed by atoms with Crippen molar-refractivity contribution >= 4 is 23.2 Å². The molecule has 0 spiro atoms. The van der Waals surface area contributed by atoms with Crippen LogP contribution in [0, 0.1) is 17.8 Å². The molecule has 0 bridgehead atoms. The maximum Gasteiger partial charge on any atom is 0.255 e. The van der Waals surface area contributed by atoms with Gasteiger partial charge >= 0.3 is 0 Å². The number of carbonyl (C=O) groups is 3. The number of nitrogens with zero attached hydrogens (tertiary/aromatic N) is 1. The summed E-state index contributed by atoms with van der Waals surface area (Å²) in [4.78, 5) is 39.9. The van der Waals surface area contributed by atoms with Crippen LogP contribution in [-0.4, -0.2) is 51.8 Å². The SMILES string of the molecule is CN(C)Cc1cccc(-c2ccc(O)c3c2C[C@H]2C[C@H]4CC(=O)C(C(N)=O)=C(O)C4C(=O)C2=C3O)c1. The fourth-order valence-corrected chi connectivity index (χ4v) is 6.11. The summed E-state index contributed by atoms with van der Waals surface area (Å²) < 4.78 is 0. The predicted molar refractivity (Wildman–Crippen MR) is 133 cm³/mol. The molecule has 3 aliphatic carbocycles. The van der Waals surface area contributed by atoms with E-state index in [1.807, 2.05) is 38.4 Å². The van der Waals surface area contributed by atoms with Crippen molar-refractivity contribution in [1.29, 1.82) is 0 Å². The van der Waals surface area contributed by atoms with Crippen molar-refractivity contribution in [2.24, 2.45) is 23.5 Å². The first-order valence-electron chi connectivity index (χ1n) is 11.9. The third-order valence-electron chi connectivity index (χ3n) is 7.51. The highest BCUT2D eigenvalue weighted by molar-refractivity contribution is 6.21. The van der Waals surface area contributed by atoms with Gasteiger partial charge in [-0.1, -0.05) is 24.3 Å². The second-order valence-electron chi connectivity index (χ2n) is 10.2. The van der Waals surface area contributed by atoms with Crippen LogP contribution < -0.4 is 5.73 Å². The van der Waals surface area contributed by atoms with E-state index in [1.165, 1.54) is 6.07 Å². The minimum Gasteiger partial charge on any atom is -0.511 e. The monoisotopic (exact) mass is 488 g/mol. The number of benzene rings is 2. The van der Waals surface area contributed by atoms with Crippen LogP contribution in [0.15, 0.2) is 53.3 Å². The van der Waals surface area contributed by atoms with Gasteiger partial charge in [-0.15, -0.1) is 0 Å². The molecule has 8 heteroatoms. The molecule has 5 rings (SSSR count). The van der Waals surface area contributed by atoms with Gasteiger partial charge in [0.1, 0.15) is 22.8 Å². The van der Waals surface area contributed by atoms with E-state index in [-0.39, 0.29) is 29.1 Å². The minimum absolute atomic E-state index is 0.0738. The Morgan fingerprint density at radius 2 is 1.83 bits per heavy atom. The van der Waals surface area contributed by atoms with Crippen LogP contribution in [0.25, 0.3) is 16.9 Å². The lowest BCUT2D eigenvalue weighted by atomic mass is 9.61. The lowest BCUT2D eigenvalue weighted by Crippen LogP contribution is -2.44. The van der Waals surface area contributed by atoms with Gasteiger partial charge in [0.15, 0.2) is 11.6 Å². The summed E-state index contributed by atoms with van der Waals surface area (Å²) in [5.74, 6) is -5.28. The zero-order valence-corrected chi connectivity index (χ0v) is 20.1. The maximum absolute atomic E-state index is 13.6. The molecule has 0 saturated heterocycles. The van der Waals surface area contributed by atoms with Gasteiger partial charge in [-0.05, 0) is 73.2 Å². The Hall–Kier alpha value is -3.91. The van der Waals surface area contributed by atoms with Crippen LogP contribution in [0.4, 0.5) is 0 Å². The molecule has 2 aromatic carbocycles. The fourth-order valence-electron chi connectivity index (χ4n) is 6.11. The van der Waals surface area contributed by atoms with Crippen molar-refractivity contribution in [3.05, 3.63) is 70.0 Å². The van der Waals surface area contributed by atoms with Gasteiger partial charge < -0.3 is 26.0 Å². The molecule has 2 aromatic rings. The molecule has 3 aliphatic rings. The van der Waals surface area contributed by atoms with E-state index in [9.17, 15) is 29.7 Å². The first-order valence-corrected chi connectivity index (χ1v) is 11.9. The van der Waals surface area contributed by atoms with E-state index >= 15 is 0 Å². The number of phenols is 1. The standard InChI is InChI=1S/C28H28N2O6/c1-30(2)12-13-4-3-5-14(8-13)17-6-7-19(31)23-18(17)10-15-9-16-11-20(32)24(28(29)36)27(35)22(16)25(33)21(15)26(23)34/h3-8,15-16,22,31,34-35H,9-12H2,1-2H3,(H2,29,36)/t15-,16+,22?/m1/s1. The number of hydrogen-bond donors (Lipinski definition) is 4. The number of nitrogens with two attached hydrogens (primary N) is 1. The lowest BCUT2D eigenvalue weighted by Gasteiger charge is -2.41. The summed E-state index contributed by atoms with van der Waals surface area (Å²) in [5.41, 5.74) is 8.68. The lowest BCUT2D eigenvalue weighted by molar-refractivity contribution is -0.127. The van der Waals surface area contributed by atoms with Crippen molar-refractivity contribution < 1.29 is 29.7 Å². The number of aliphatic hydroxyl groups excluding tert-OH is 2. The number of aliphatic hydroxyl groups is 2. The molecular formula is C28H28N2O6. The number of fused-ring (bicyclic) bond motifs is 3. The Morgan fingerprint density at radius 1 is 1.08 bits per heavy atom. The summed E-state index contributed by atoms with van der Waals surface area (Å²) in [6.07, 6.45) is 0.676. The van der Waals surface area contributed by atoms with Crippen LogP contribution in [0.5, 0.6) is 5.75 Å². The van der Waals surface area contributed by atoms with Gasteiger partial charge in [0, 0.05) is 18.5 Å². The van der Waals surface area contributed by atoms with Gasteiger partial charge in [-0.2, -0.15) is 0 Å². The van der Waals surface area contributed by atoms with Crippen molar-refractivity contribution in [2.75, 3.05) is 14.1 Å². The number of primary amides is 1. The van der Waals surface area contributed by atoms with E-state index in [1.54, 1.807) is 0 Å². The number of amides is 1. The van der Waals surface area contributed by atoms with E-state index in [2.05, 4.69) is 11.0 Å². The van der Waals surface area contributed by atoms with E-state index in [0.717, 1.165) is 28.8 Å². The van der Waals surface area contributed by atoms with Crippen LogP contribution >= 0.6 is 0 Å². The second kappa shape index (κ2) is 8.64. The largest absolute Gasteiger partial charge is 0.511 e. The minimum atomic E-state index is -1.12. The zero-order valence-electron chi connectivity index (χ0n) is 20.1. The van der Waals surface area contributed by atoms with Crippen molar-refractivity contribution in [3.63, 3.8) is 0 Å². The summed E-state index contributed by atoms with van der Waals surface area (Å²) in [6, 6.07) is 11.4. The molecule has 0 radical (unpaired) electrons. The highest BCUT2D eigenvalue weighted by atomic mass is 16.3. The molecule has 1 fully saturated rings. The molecule has 0 aromatic heterocycles. The topological polar surface area (TPSA) is 141 Å². The summed E-state index contributed by atoms with van der Waals surface area (Å²) in [5, 5.41) is 32.7. The number of phenolic OH excluding ortho intramolecular Hbond substituents is 1. The smallest absolute Gasteiger partial charge is 0.255 e. The third-order valence-corrected chi connectivity index (χ3v) is 7.51.